The zero-order valence-corrected chi connectivity index (χ0v) is 11.4. The molecule has 100 valence electrons. The largest absolute Gasteiger partial charge is 0.395 e. The van der Waals surface area contributed by atoms with Crippen LogP contribution in [0.3, 0.4) is 0 Å². The van der Waals surface area contributed by atoms with Crippen molar-refractivity contribution in [1.82, 2.24) is 9.80 Å². The molecule has 1 N–H and O–H groups in total. The summed E-state index contributed by atoms with van der Waals surface area (Å²) in [5.74, 6) is 0.860. The van der Waals surface area contributed by atoms with Crippen molar-refractivity contribution in [2.75, 3.05) is 32.8 Å². The molecule has 0 bridgehead atoms. The summed E-state index contributed by atoms with van der Waals surface area (Å²) in [5.41, 5.74) is 0. The first-order valence-electron chi connectivity index (χ1n) is 6.65. The van der Waals surface area contributed by atoms with E-state index in [1.165, 1.54) is 0 Å². The van der Waals surface area contributed by atoms with Crippen LogP contribution in [0.2, 0.25) is 0 Å². The highest BCUT2D eigenvalue weighted by atomic mass is 16.3. The smallest absolute Gasteiger partial charge is 0.219 e. The second-order valence-electron chi connectivity index (χ2n) is 5.26. The molecule has 1 fully saturated rings. The molecule has 0 atom stereocenters. The molecule has 1 saturated heterocycles. The molecule has 0 aromatic rings. The minimum absolute atomic E-state index is 0.194. The van der Waals surface area contributed by atoms with Gasteiger partial charge in [0.2, 0.25) is 5.91 Å². The zero-order chi connectivity index (χ0) is 12.8. The van der Waals surface area contributed by atoms with E-state index >= 15 is 0 Å². The molecule has 1 heterocycles. The maximum absolute atomic E-state index is 11.2. The number of rotatable bonds is 5. The molecule has 0 aliphatic carbocycles. The van der Waals surface area contributed by atoms with Crippen molar-refractivity contribution in [1.29, 1.82) is 0 Å². The quantitative estimate of drug-likeness (QED) is 0.780. The molecule has 0 aromatic carbocycles. The molecule has 0 spiro atoms. The predicted octanol–water partition coefficient (Wildman–Crippen LogP) is 0.948. The summed E-state index contributed by atoms with van der Waals surface area (Å²) in [7, 11) is 0. The Morgan fingerprint density at radius 3 is 2.41 bits per heavy atom. The summed E-state index contributed by atoms with van der Waals surface area (Å²) >= 11 is 0. The van der Waals surface area contributed by atoms with E-state index < -0.39 is 0 Å². The van der Waals surface area contributed by atoms with Gasteiger partial charge in [-0.25, -0.2) is 0 Å². The maximum atomic E-state index is 11.2. The molecule has 0 saturated carbocycles. The summed E-state index contributed by atoms with van der Waals surface area (Å²) in [5, 5.41) is 9.04. The monoisotopic (exact) mass is 242 g/mol. The van der Waals surface area contributed by atoms with Crippen molar-refractivity contribution < 1.29 is 9.90 Å². The number of likely N-dealkylation sites (tertiary alicyclic amines) is 1. The Hall–Kier alpha value is -0.610. The Morgan fingerprint density at radius 1 is 1.41 bits per heavy atom. The SMILES string of the molecule is CC(=O)N1CCC(CN(CCO)C(C)C)CC1. The lowest BCUT2D eigenvalue weighted by molar-refractivity contribution is -0.130. The van der Waals surface area contributed by atoms with Crippen LogP contribution >= 0.6 is 0 Å². The van der Waals surface area contributed by atoms with Crippen molar-refractivity contribution in [3.63, 3.8) is 0 Å². The van der Waals surface area contributed by atoms with E-state index in [4.69, 9.17) is 5.11 Å². The van der Waals surface area contributed by atoms with Crippen LogP contribution in [0, 0.1) is 5.92 Å². The summed E-state index contributed by atoms with van der Waals surface area (Å²) in [6, 6.07) is 0.480. The summed E-state index contributed by atoms with van der Waals surface area (Å²) in [6.07, 6.45) is 2.18. The van der Waals surface area contributed by atoms with Gasteiger partial charge in [0.25, 0.3) is 0 Å². The van der Waals surface area contributed by atoms with Crippen LogP contribution < -0.4 is 0 Å². The first-order valence-corrected chi connectivity index (χ1v) is 6.65. The Morgan fingerprint density at radius 2 is 2.00 bits per heavy atom. The number of nitrogens with zero attached hydrogens (tertiary/aromatic N) is 2. The molecule has 0 aromatic heterocycles. The fourth-order valence-electron chi connectivity index (χ4n) is 2.45. The van der Waals surface area contributed by atoms with Gasteiger partial charge in [0.1, 0.15) is 0 Å². The second kappa shape index (κ2) is 6.97. The minimum atomic E-state index is 0.194. The fraction of sp³-hybridized carbons (Fsp3) is 0.923. The predicted molar refractivity (Wildman–Crippen MR) is 68.8 cm³/mol. The number of carbonyl (C=O) groups excluding carboxylic acids is 1. The Kier molecular flexibility index (Phi) is 5.92. The van der Waals surface area contributed by atoms with E-state index in [1.807, 2.05) is 4.90 Å². The van der Waals surface area contributed by atoms with Gasteiger partial charge in [0.15, 0.2) is 0 Å². The third-order valence-electron chi connectivity index (χ3n) is 3.67. The minimum Gasteiger partial charge on any atom is -0.395 e. The number of amides is 1. The lowest BCUT2D eigenvalue weighted by Crippen LogP contribution is -2.43. The highest BCUT2D eigenvalue weighted by Crippen LogP contribution is 2.19. The Balaban J connectivity index is 2.35. The van der Waals surface area contributed by atoms with Crippen LogP contribution in [-0.4, -0.2) is 59.6 Å². The first-order chi connectivity index (χ1) is 8.04. The van der Waals surface area contributed by atoms with Crippen molar-refractivity contribution in [3.05, 3.63) is 0 Å². The number of aliphatic hydroxyl groups excluding tert-OH is 1. The van der Waals surface area contributed by atoms with Crippen molar-refractivity contribution in [2.24, 2.45) is 5.92 Å². The van der Waals surface area contributed by atoms with Crippen LogP contribution in [0.4, 0.5) is 0 Å². The Labute approximate surface area is 105 Å². The van der Waals surface area contributed by atoms with Crippen LogP contribution in [0.1, 0.15) is 33.6 Å². The van der Waals surface area contributed by atoms with Gasteiger partial charge in [-0.15, -0.1) is 0 Å². The summed E-state index contributed by atoms with van der Waals surface area (Å²) in [6.45, 7) is 9.79. The molecular weight excluding hydrogens is 216 g/mol. The molecule has 1 aliphatic heterocycles. The van der Waals surface area contributed by atoms with E-state index in [1.54, 1.807) is 6.92 Å². The van der Waals surface area contributed by atoms with Gasteiger partial charge in [-0.05, 0) is 32.6 Å². The third-order valence-corrected chi connectivity index (χ3v) is 3.67. The summed E-state index contributed by atoms with van der Waals surface area (Å²) < 4.78 is 0. The maximum Gasteiger partial charge on any atom is 0.219 e. The van der Waals surface area contributed by atoms with Crippen molar-refractivity contribution in [3.8, 4) is 0 Å². The number of hydrogen-bond donors (Lipinski definition) is 1. The van der Waals surface area contributed by atoms with Gasteiger partial charge < -0.3 is 10.0 Å². The number of carbonyl (C=O) groups is 1. The highest BCUT2D eigenvalue weighted by Gasteiger charge is 2.23. The number of piperidine rings is 1. The molecule has 1 aliphatic rings. The lowest BCUT2D eigenvalue weighted by Gasteiger charge is -2.35. The van der Waals surface area contributed by atoms with Gasteiger partial charge in [-0.3, -0.25) is 9.69 Å². The van der Waals surface area contributed by atoms with Gasteiger partial charge in [0, 0.05) is 39.1 Å². The van der Waals surface area contributed by atoms with Crippen LogP contribution in [0.15, 0.2) is 0 Å². The average Bonchev–Trinajstić information content (AvgIpc) is 2.29. The van der Waals surface area contributed by atoms with Gasteiger partial charge in [-0.1, -0.05) is 0 Å². The Bertz CT molecular complexity index is 236. The average molecular weight is 242 g/mol. The van der Waals surface area contributed by atoms with Crippen LogP contribution in [0.5, 0.6) is 0 Å². The van der Waals surface area contributed by atoms with E-state index in [-0.39, 0.29) is 12.5 Å². The molecule has 1 amide bonds. The molecule has 17 heavy (non-hydrogen) atoms. The van der Waals surface area contributed by atoms with Gasteiger partial charge >= 0.3 is 0 Å². The summed E-state index contributed by atoms with van der Waals surface area (Å²) in [4.78, 5) is 15.5. The van der Waals surface area contributed by atoms with E-state index in [0.29, 0.717) is 12.0 Å². The number of aliphatic hydroxyl groups is 1. The number of hydrogen-bond acceptors (Lipinski definition) is 3. The van der Waals surface area contributed by atoms with Crippen molar-refractivity contribution >= 4 is 5.91 Å². The zero-order valence-electron chi connectivity index (χ0n) is 11.4. The van der Waals surface area contributed by atoms with Crippen molar-refractivity contribution in [2.45, 2.75) is 39.7 Å². The molecule has 4 heteroatoms. The molecule has 0 radical (unpaired) electrons. The molecular formula is C13H26N2O2. The van der Waals surface area contributed by atoms with Gasteiger partial charge in [-0.2, -0.15) is 0 Å². The molecule has 0 unspecified atom stereocenters. The standard InChI is InChI=1S/C13H26N2O2/c1-11(2)15(8-9-16)10-13-4-6-14(7-5-13)12(3)17/h11,13,16H,4-10H2,1-3H3. The molecule has 4 nitrogen and oxygen atoms in total. The lowest BCUT2D eigenvalue weighted by atomic mass is 9.95. The third kappa shape index (κ3) is 4.64. The van der Waals surface area contributed by atoms with Gasteiger partial charge in [0.05, 0.1) is 6.61 Å². The second-order valence-corrected chi connectivity index (χ2v) is 5.26. The van der Waals surface area contributed by atoms with E-state index in [2.05, 4.69) is 18.7 Å². The highest BCUT2D eigenvalue weighted by molar-refractivity contribution is 5.73. The van der Waals surface area contributed by atoms with E-state index in [0.717, 1.165) is 39.0 Å². The van der Waals surface area contributed by atoms with E-state index in [9.17, 15) is 4.79 Å². The first kappa shape index (κ1) is 14.5. The normalized spacial score (nSPS) is 18.1. The topological polar surface area (TPSA) is 43.8 Å². The fourth-order valence-corrected chi connectivity index (χ4v) is 2.45. The van der Waals surface area contributed by atoms with Crippen LogP contribution in [-0.2, 0) is 4.79 Å². The van der Waals surface area contributed by atoms with Crippen LogP contribution in [0.25, 0.3) is 0 Å². The molecule has 1 rings (SSSR count).